The zero-order chi connectivity index (χ0) is 15.2. The molecule has 1 fully saturated rings. The van der Waals surface area contributed by atoms with Crippen molar-refractivity contribution in [3.8, 4) is 0 Å². The molecule has 3 N–H and O–H groups in total. The number of hydrogen-bond acceptors (Lipinski definition) is 3. The van der Waals surface area contributed by atoms with Crippen molar-refractivity contribution in [3.63, 3.8) is 0 Å². The number of hydrogen-bond donors (Lipinski definition) is 3. The van der Waals surface area contributed by atoms with Crippen molar-refractivity contribution in [3.05, 3.63) is 28.2 Å². The number of carbonyl (C=O) groups excluding carboxylic acids is 1. The van der Waals surface area contributed by atoms with Crippen LogP contribution in [0.5, 0.6) is 0 Å². The van der Waals surface area contributed by atoms with Crippen LogP contribution in [0.1, 0.15) is 29.6 Å². The summed E-state index contributed by atoms with van der Waals surface area (Å²) in [6.45, 7) is 0.654. The molecule has 0 aliphatic carbocycles. The molecule has 0 aromatic heterocycles. The second kappa shape index (κ2) is 7.70. The van der Waals surface area contributed by atoms with Crippen LogP contribution in [0.3, 0.4) is 0 Å². The largest absolute Gasteiger partial charge is 0.478 e. The maximum atomic E-state index is 11.9. The first kappa shape index (κ1) is 16.2. The first-order valence-corrected chi connectivity index (χ1v) is 8.60. The Kier molecular flexibility index (Phi) is 5.93. The third kappa shape index (κ3) is 4.93. The van der Waals surface area contributed by atoms with Crippen molar-refractivity contribution in [1.29, 1.82) is 0 Å². The summed E-state index contributed by atoms with van der Waals surface area (Å²) in [6.07, 6.45) is 3.63. The van der Waals surface area contributed by atoms with Gasteiger partial charge >= 0.3 is 12.0 Å². The van der Waals surface area contributed by atoms with Crippen LogP contribution in [-0.2, 0) is 0 Å². The number of aromatic carboxylic acids is 1. The van der Waals surface area contributed by atoms with Gasteiger partial charge in [-0.3, -0.25) is 0 Å². The smallest absolute Gasteiger partial charge is 0.335 e. The molecule has 1 heterocycles. The van der Waals surface area contributed by atoms with E-state index in [9.17, 15) is 9.59 Å². The van der Waals surface area contributed by atoms with Gasteiger partial charge in [0, 0.05) is 16.3 Å². The molecule has 0 spiro atoms. The molecule has 1 aromatic carbocycles. The van der Waals surface area contributed by atoms with E-state index in [-0.39, 0.29) is 11.6 Å². The Bertz CT molecular complexity index is 533. The van der Waals surface area contributed by atoms with Gasteiger partial charge in [-0.2, -0.15) is 11.8 Å². The highest BCUT2D eigenvalue weighted by molar-refractivity contribution is 9.10. The molecule has 2 rings (SSSR count). The predicted molar refractivity (Wildman–Crippen MR) is 88.2 cm³/mol. The minimum atomic E-state index is -0.999. The summed E-state index contributed by atoms with van der Waals surface area (Å²) in [6, 6.07) is 4.22. The lowest BCUT2D eigenvalue weighted by Gasteiger charge is -2.21. The monoisotopic (exact) mass is 372 g/mol. The van der Waals surface area contributed by atoms with E-state index in [2.05, 4.69) is 26.6 Å². The molecule has 0 saturated carbocycles. The van der Waals surface area contributed by atoms with Crippen LogP contribution in [-0.4, -0.2) is 34.7 Å². The molecule has 1 aliphatic rings. The normalized spacial score (nSPS) is 18.0. The summed E-state index contributed by atoms with van der Waals surface area (Å²) in [5.41, 5.74) is 0.722. The predicted octanol–water partition coefficient (Wildman–Crippen LogP) is 3.55. The number of anilines is 1. The van der Waals surface area contributed by atoms with E-state index >= 15 is 0 Å². The lowest BCUT2D eigenvalue weighted by molar-refractivity contribution is 0.0697. The van der Waals surface area contributed by atoms with Gasteiger partial charge in [0.15, 0.2) is 0 Å². The number of carbonyl (C=O) groups is 2. The zero-order valence-electron chi connectivity index (χ0n) is 11.4. The molecule has 5 nitrogen and oxygen atoms in total. The van der Waals surface area contributed by atoms with E-state index in [0.717, 1.165) is 12.2 Å². The molecule has 1 atom stereocenters. The lowest BCUT2D eigenvalue weighted by Crippen LogP contribution is -2.35. The van der Waals surface area contributed by atoms with Crippen molar-refractivity contribution in [2.75, 3.05) is 17.6 Å². The standard InChI is InChI=1S/C14H17BrN2O3S/c15-11-7-9(13(18)19)4-5-12(11)17-14(20)16-8-10-3-1-2-6-21-10/h4-5,7,10H,1-3,6,8H2,(H,18,19)(H2,16,17,20). The molecule has 0 bridgehead atoms. The second-order valence-corrected chi connectivity index (χ2v) is 7.09. The Hall–Kier alpha value is -1.21. The van der Waals surface area contributed by atoms with Crippen LogP contribution in [0.2, 0.25) is 0 Å². The van der Waals surface area contributed by atoms with Crippen LogP contribution in [0.15, 0.2) is 22.7 Å². The molecule has 7 heteroatoms. The summed E-state index contributed by atoms with van der Waals surface area (Å²) in [5.74, 6) is 0.164. The number of halogens is 1. The van der Waals surface area contributed by atoms with Crippen LogP contribution < -0.4 is 10.6 Å². The first-order chi connectivity index (χ1) is 10.1. The maximum Gasteiger partial charge on any atom is 0.335 e. The van der Waals surface area contributed by atoms with Crippen molar-refractivity contribution < 1.29 is 14.7 Å². The summed E-state index contributed by atoms with van der Waals surface area (Å²) in [7, 11) is 0. The molecule has 1 aromatic rings. The summed E-state index contributed by atoms with van der Waals surface area (Å²) < 4.78 is 0.546. The van der Waals surface area contributed by atoms with E-state index < -0.39 is 5.97 Å². The van der Waals surface area contributed by atoms with E-state index in [1.807, 2.05) is 11.8 Å². The number of thioether (sulfide) groups is 1. The van der Waals surface area contributed by atoms with Crippen molar-refractivity contribution in [1.82, 2.24) is 5.32 Å². The Labute approximate surface area is 136 Å². The molecule has 1 unspecified atom stereocenters. The van der Waals surface area contributed by atoms with Crippen LogP contribution in [0, 0.1) is 0 Å². The lowest BCUT2D eigenvalue weighted by atomic mass is 10.2. The Morgan fingerprint density at radius 2 is 2.19 bits per heavy atom. The van der Waals surface area contributed by atoms with Gasteiger partial charge in [-0.1, -0.05) is 6.42 Å². The van der Waals surface area contributed by atoms with Gasteiger partial charge in [0.2, 0.25) is 0 Å². The van der Waals surface area contributed by atoms with Crippen LogP contribution in [0.25, 0.3) is 0 Å². The summed E-state index contributed by atoms with van der Waals surface area (Å²) >= 11 is 5.16. The SMILES string of the molecule is O=C(NCC1CCCCS1)Nc1ccc(C(=O)O)cc1Br. The number of nitrogens with one attached hydrogen (secondary N) is 2. The zero-order valence-corrected chi connectivity index (χ0v) is 13.8. The van der Waals surface area contributed by atoms with Gasteiger partial charge in [-0.25, -0.2) is 9.59 Å². The van der Waals surface area contributed by atoms with Gasteiger partial charge in [-0.15, -0.1) is 0 Å². The third-order valence-electron chi connectivity index (χ3n) is 3.23. The van der Waals surface area contributed by atoms with Gasteiger partial charge in [0.05, 0.1) is 11.3 Å². The van der Waals surface area contributed by atoms with Crippen molar-refractivity contribution in [2.45, 2.75) is 24.5 Å². The molecule has 1 aliphatic heterocycles. The number of benzene rings is 1. The molecular weight excluding hydrogens is 356 g/mol. The summed E-state index contributed by atoms with van der Waals surface area (Å²) in [4.78, 5) is 22.7. The summed E-state index contributed by atoms with van der Waals surface area (Å²) in [5, 5.41) is 15.0. The molecule has 0 radical (unpaired) electrons. The molecule has 2 amide bonds. The quantitative estimate of drug-likeness (QED) is 0.754. The number of rotatable bonds is 4. The van der Waals surface area contributed by atoms with E-state index in [1.54, 1.807) is 6.07 Å². The van der Waals surface area contributed by atoms with E-state index in [0.29, 0.717) is 22.0 Å². The van der Waals surface area contributed by atoms with Crippen LogP contribution >= 0.6 is 27.7 Å². The first-order valence-electron chi connectivity index (χ1n) is 6.75. The Morgan fingerprint density at radius 3 is 2.81 bits per heavy atom. The Balaban J connectivity index is 1.85. The minimum Gasteiger partial charge on any atom is -0.478 e. The third-order valence-corrected chi connectivity index (χ3v) is 5.28. The molecular formula is C14H17BrN2O3S. The number of urea groups is 1. The average molecular weight is 373 g/mol. The van der Waals surface area contributed by atoms with Crippen molar-refractivity contribution >= 4 is 45.4 Å². The Morgan fingerprint density at radius 1 is 1.38 bits per heavy atom. The van der Waals surface area contributed by atoms with E-state index in [4.69, 9.17) is 5.11 Å². The fourth-order valence-corrected chi connectivity index (χ4v) is 3.81. The van der Waals surface area contributed by atoms with Gasteiger partial charge in [-0.05, 0) is 52.7 Å². The van der Waals surface area contributed by atoms with Gasteiger partial charge in [0.1, 0.15) is 0 Å². The fourth-order valence-electron chi connectivity index (χ4n) is 2.09. The average Bonchev–Trinajstić information content (AvgIpc) is 2.48. The molecule has 21 heavy (non-hydrogen) atoms. The highest BCUT2D eigenvalue weighted by Crippen LogP contribution is 2.25. The topological polar surface area (TPSA) is 78.4 Å². The maximum absolute atomic E-state index is 11.9. The number of amides is 2. The molecule has 1 saturated heterocycles. The number of carboxylic acid groups (broad SMARTS) is 1. The van der Waals surface area contributed by atoms with Crippen molar-refractivity contribution in [2.24, 2.45) is 0 Å². The highest BCUT2D eigenvalue weighted by atomic mass is 79.9. The van der Waals surface area contributed by atoms with Crippen LogP contribution in [0.4, 0.5) is 10.5 Å². The highest BCUT2D eigenvalue weighted by Gasteiger charge is 2.15. The fraction of sp³-hybridized carbons (Fsp3) is 0.429. The van der Waals surface area contributed by atoms with E-state index in [1.165, 1.54) is 25.0 Å². The van der Waals surface area contributed by atoms with Gasteiger partial charge in [0.25, 0.3) is 0 Å². The van der Waals surface area contributed by atoms with Gasteiger partial charge < -0.3 is 15.7 Å². The molecule has 114 valence electrons. The number of carboxylic acids is 1. The minimum absolute atomic E-state index is 0.173. The second-order valence-electron chi connectivity index (χ2n) is 4.82.